The number of amides is 1. The van der Waals surface area contributed by atoms with Crippen LogP contribution in [0.5, 0.6) is 0 Å². The van der Waals surface area contributed by atoms with E-state index in [4.69, 9.17) is 5.11 Å². The number of piperidine rings is 1. The van der Waals surface area contributed by atoms with Gasteiger partial charge in [0.1, 0.15) is 0 Å². The van der Waals surface area contributed by atoms with Crippen LogP contribution in [0.3, 0.4) is 0 Å². The van der Waals surface area contributed by atoms with Gasteiger partial charge in [-0.3, -0.25) is 0 Å². The van der Waals surface area contributed by atoms with Crippen molar-refractivity contribution < 1.29 is 9.90 Å². The van der Waals surface area contributed by atoms with Crippen molar-refractivity contribution in [1.29, 1.82) is 0 Å². The molecule has 1 aromatic heterocycles. The number of hydrogen-bond acceptors (Lipinski definition) is 2. The van der Waals surface area contributed by atoms with Gasteiger partial charge in [-0.1, -0.05) is 0 Å². The smallest absolute Gasteiger partial charge is 0.407 e. The molecule has 2 atom stereocenters. The molecule has 2 rings (SSSR count). The fraction of sp³-hybridized carbons (Fsp3) is 0.545. The molecular weight excluding hydrogens is 210 g/mol. The zero-order chi connectivity index (χ0) is 10.8. The lowest BCUT2D eigenvalue weighted by molar-refractivity contribution is 0.107. The van der Waals surface area contributed by atoms with E-state index in [1.807, 2.05) is 6.92 Å². The van der Waals surface area contributed by atoms with Gasteiger partial charge >= 0.3 is 6.09 Å². The highest BCUT2D eigenvalue weighted by atomic mass is 32.1. The maximum atomic E-state index is 10.9. The Kier molecular flexibility index (Phi) is 2.95. The maximum absolute atomic E-state index is 10.9. The van der Waals surface area contributed by atoms with Crippen LogP contribution in [-0.4, -0.2) is 28.7 Å². The number of hydrogen-bond donors (Lipinski definition) is 1. The van der Waals surface area contributed by atoms with Gasteiger partial charge in [0.2, 0.25) is 0 Å². The molecule has 1 saturated heterocycles. The minimum absolute atomic E-state index is 0.140. The van der Waals surface area contributed by atoms with Gasteiger partial charge in [0.05, 0.1) is 0 Å². The molecule has 82 valence electrons. The summed E-state index contributed by atoms with van der Waals surface area (Å²) in [6, 6.07) is 2.29. The molecule has 1 aliphatic heterocycles. The highest BCUT2D eigenvalue weighted by Crippen LogP contribution is 2.32. The Labute approximate surface area is 93.3 Å². The molecule has 1 fully saturated rings. The summed E-state index contributed by atoms with van der Waals surface area (Å²) < 4.78 is 0. The van der Waals surface area contributed by atoms with Crippen LogP contribution >= 0.6 is 11.3 Å². The van der Waals surface area contributed by atoms with Crippen LogP contribution in [0.1, 0.15) is 31.2 Å². The molecular formula is C11H15NO2S. The fourth-order valence-corrected chi connectivity index (χ4v) is 3.01. The summed E-state index contributed by atoms with van der Waals surface area (Å²) in [6.07, 6.45) is 1.11. The second kappa shape index (κ2) is 4.23. The number of carboxylic acid groups (broad SMARTS) is 1. The van der Waals surface area contributed by atoms with Crippen molar-refractivity contribution in [3.8, 4) is 0 Å². The maximum Gasteiger partial charge on any atom is 0.407 e. The van der Waals surface area contributed by atoms with Crippen LogP contribution in [-0.2, 0) is 0 Å². The highest BCUT2D eigenvalue weighted by Gasteiger charge is 2.29. The lowest BCUT2D eigenvalue weighted by Gasteiger charge is -2.35. The van der Waals surface area contributed by atoms with Crippen molar-refractivity contribution in [1.82, 2.24) is 4.90 Å². The van der Waals surface area contributed by atoms with Crippen molar-refractivity contribution in [3.05, 3.63) is 22.4 Å². The van der Waals surface area contributed by atoms with E-state index < -0.39 is 6.09 Å². The van der Waals surface area contributed by atoms with Crippen molar-refractivity contribution in [2.75, 3.05) is 6.54 Å². The quantitative estimate of drug-likeness (QED) is 0.798. The SMILES string of the molecule is CC1CC(c2ccsc2)CCN1C(=O)O. The van der Waals surface area contributed by atoms with E-state index in [1.54, 1.807) is 16.2 Å². The van der Waals surface area contributed by atoms with E-state index in [9.17, 15) is 4.79 Å². The number of rotatable bonds is 1. The third-order valence-electron chi connectivity index (χ3n) is 3.14. The number of thiophene rings is 1. The van der Waals surface area contributed by atoms with Gasteiger partial charge in [-0.2, -0.15) is 11.3 Å². The molecule has 0 spiro atoms. The van der Waals surface area contributed by atoms with Crippen LogP contribution in [0, 0.1) is 0 Å². The Morgan fingerprint density at radius 1 is 1.67 bits per heavy atom. The van der Waals surface area contributed by atoms with Crippen molar-refractivity contribution in [2.45, 2.75) is 31.7 Å². The van der Waals surface area contributed by atoms with E-state index in [0.717, 1.165) is 12.8 Å². The predicted octanol–water partition coefficient (Wildman–Crippen LogP) is 2.99. The van der Waals surface area contributed by atoms with E-state index in [1.165, 1.54) is 5.56 Å². The molecule has 0 aromatic carbocycles. The topological polar surface area (TPSA) is 40.5 Å². The number of carbonyl (C=O) groups is 1. The van der Waals surface area contributed by atoms with Gasteiger partial charge in [-0.05, 0) is 48.1 Å². The van der Waals surface area contributed by atoms with Crippen LogP contribution in [0.25, 0.3) is 0 Å². The molecule has 1 aromatic rings. The van der Waals surface area contributed by atoms with E-state index in [-0.39, 0.29) is 6.04 Å². The normalized spacial score (nSPS) is 26.6. The molecule has 3 nitrogen and oxygen atoms in total. The summed E-state index contributed by atoms with van der Waals surface area (Å²) >= 11 is 1.71. The average molecular weight is 225 g/mol. The Bertz CT molecular complexity index is 336. The third kappa shape index (κ3) is 2.15. The second-order valence-electron chi connectivity index (χ2n) is 4.10. The van der Waals surface area contributed by atoms with Gasteiger partial charge in [0.15, 0.2) is 0 Å². The summed E-state index contributed by atoms with van der Waals surface area (Å²) in [6.45, 7) is 2.66. The van der Waals surface area contributed by atoms with Crippen LogP contribution in [0.15, 0.2) is 16.8 Å². The zero-order valence-electron chi connectivity index (χ0n) is 8.72. The number of likely N-dealkylation sites (tertiary alicyclic amines) is 1. The summed E-state index contributed by atoms with van der Waals surface area (Å²) in [5, 5.41) is 13.2. The Balaban J connectivity index is 2.03. The monoisotopic (exact) mass is 225 g/mol. The molecule has 0 saturated carbocycles. The third-order valence-corrected chi connectivity index (χ3v) is 3.84. The molecule has 2 unspecified atom stereocenters. The molecule has 0 bridgehead atoms. The molecule has 1 amide bonds. The summed E-state index contributed by atoms with van der Waals surface area (Å²) in [5.74, 6) is 0.543. The van der Waals surface area contributed by atoms with Gasteiger partial charge < -0.3 is 10.0 Å². The lowest BCUT2D eigenvalue weighted by Crippen LogP contribution is -2.43. The predicted molar refractivity (Wildman–Crippen MR) is 60.5 cm³/mol. The highest BCUT2D eigenvalue weighted by molar-refractivity contribution is 7.07. The average Bonchev–Trinajstić information content (AvgIpc) is 2.69. The molecule has 1 aliphatic rings. The standard InChI is InChI=1S/C11H15NO2S/c1-8-6-9(10-3-5-15-7-10)2-4-12(8)11(13)14/h3,5,7-9H,2,4,6H2,1H3,(H,13,14). The Morgan fingerprint density at radius 2 is 2.47 bits per heavy atom. The molecule has 0 aliphatic carbocycles. The first-order valence-corrected chi connectivity index (χ1v) is 6.14. The van der Waals surface area contributed by atoms with Crippen molar-refractivity contribution in [2.24, 2.45) is 0 Å². The van der Waals surface area contributed by atoms with Gasteiger partial charge in [0.25, 0.3) is 0 Å². The molecule has 0 radical (unpaired) electrons. The first kappa shape index (κ1) is 10.5. The van der Waals surface area contributed by atoms with Gasteiger partial charge in [0, 0.05) is 12.6 Å². The van der Waals surface area contributed by atoms with Crippen LogP contribution in [0.4, 0.5) is 4.79 Å². The Morgan fingerprint density at radius 3 is 3.00 bits per heavy atom. The Hall–Kier alpha value is -1.03. The van der Waals surface area contributed by atoms with Gasteiger partial charge in [-0.15, -0.1) is 0 Å². The fourth-order valence-electron chi connectivity index (χ4n) is 2.27. The summed E-state index contributed by atoms with van der Waals surface area (Å²) in [7, 11) is 0. The zero-order valence-corrected chi connectivity index (χ0v) is 9.54. The van der Waals surface area contributed by atoms with E-state index in [2.05, 4.69) is 16.8 Å². The number of nitrogens with zero attached hydrogens (tertiary/aromatic N) is 1. The largest absolute Gasteiger partial charge is 0.465 e. The van der Waals surface area contributed by atoms with Crippen molar-refractivity contribution >= 4 is 17.4 Å². The van der Waals surface area contributed by atoms with E-state index in [0.29, 0.717) is 12.5 Å². The molecule has 1 N–H and O–H groups in total. The van der Waals surface area contributed by atoms with E-state index >= 15 is 0 Å². The molecule has 2 heterocycles. The summed E-state index contributed by atoms with van der Waals surface area (Å²) in [5.41, 5.74) is 1.37. The van der Waals surface area contributed by atoms with Crippen LogP contribution < -0.4 is 0 Å². The lowest BCUT2D eigenvalue weighted by atomic mass is 9.87. The van der Waals surface area contributed by atoms with Crippen LogP contribution in [0.2, 0.25) is 0 Å². The molecule has 15 heavy (non-hydrogen) atoms. The first-order chi connectivity index (χ1) is 7.18. The van der Waals surface area contributed by atoms with Crippen molar-refractivity contribution in [3.63, 3.8) is 0 Å². The van der Waals surface area contributed by atoms with Gasteiger partial charge in [-0.25, -0.2) is 4.79 Å². The first-order valence-electron chi connectivity index (χ1n) is 5.20. The summed E-state index contributed by atoms with van der Waals surface area (Å²) in [4.78, 5) is 12.4. The minimum atomic E-state index is -0.786. The molecule has 4 heteroatoms. The minimum Gasteiger partial charge on any atom is -0.465 e. The second-order valence-corrected chi connectivity index (χ2v) is 4.88.